The molecule has 0 radical (unpaired) electrons. The first-order valence-corrected chi connectivity index (χ1v) is 8.21. The highest BCUT2D eigenvalue weighted by Gasteiger charge is 2.25. The molecule has 2 heterocycles. The molecule has 0 bridgehead atoms. The van der Waals surface area contributed by atoms with Crippen LogP contribution in [0, 0.1) is 5.82 Å². The van der Waals surface area contributed by atoms with Crippen molar-refractivity contribution in [2.75, 3.05) is 13.1 Å². The monoisotopic (exact) mass is 315 g/mol. The third kappa shape index (κ3) is 3.14. The van der Waals surface area contributed by atoms with Crippen LogP contribution in [0.15, 0.2) is 30.5 Å². The quantitative estimate of drug-likeness (QED) is 0.865. The first-order chi connectivity index (χ1) is 11.1. The molecule has 0 spiro atoms. The van der Waals surface area contributed by atoms with Gasteiger partial charge < -0.3 is 4.90 Å². The molecule has 0 aliphatic carbocycles. The molecule has 0 atom stereocenters. The molecular weight excluding hydrogens is 293 g/mol. The lowest BCUT2D eigenvalue weighted by Gasteiger charge is -2.27. The number of hydrogen-bond donors (Lipinski definition) is 0. The van der Waals surface area contributed by atoms with E-state index in [-0.39, 0.29) is 17.6 Å². The van der Waals surface area contributed by atoms with Crippen LogP contribution in [0.25, 0.3) is 5.69 Å². The maximum atomic E-state index is 13.1. The maximum absolute atomic E-state index is 13.1. The van der Waals surface area contributed by atoms with Gasteiger partial charge in [0.15, 0.2) is 0 Å². The van der Waals surface area contributed by atoms with E-state index in [9.17, 15) is 9.18 Å². The average molecular weight is 315 g/mol. The van der Waals surface area contributed by atoms with Crippen LogP contribution < -0.4 is 0 Å². The minimum atomic E-state index is -0.281. The topological polar surface area (TPSA) is 38.1 Å². The van der Waals surface area contributed by atoms with Crippen LogP contribution in [-0.2, 0) is 0 Å². The summed E-state index contributed by atoms with van der Waals surface area (Å²) in [7, 11) is 0. The normalized spacial score (nSPS) is 15.2. The number of halogens is 1. The third-order valence-electron chi connectivity index (χ3n) is 4.30. The van der Waals surface area contributed by atoms with Crippen LogP contribution >= 0.6 is 0 Å². The van der Waals surface area contributed by atoms with Gasteiger partial charge in [0, 0.05) is 13.1 Å². The van der Waals surface area contributed by atoms with Crippen LogP contribution in [0.5, 0.6) is 0 Å². The van der Waals surface area contributed by atoms with Gasteiger partial charge in [-0.3, -0.25) is 4.79 Å². The molecule has 1 aromatic carbocycles. The van der Waals surface area contributed by atoms with Gasteiger partial charge in [0.05, 0.1) is 23.1 Å². The molecule has 2 aromatic rings. The van der Waals surface area contributed by atoms with Crippen molar-refractivity contribution in [1.29, 1.82) is 0 Å². The molecule has 1 aliphatic heterocycles. The zero-order valence-corrected chi connectivity index (χ0v) is 13.6. The highest BCUT2D eigenvalue weighted by atomic mass is 19.1. The molecule has 5 heteroatoms. The van der Waals surface area contributed by atoms with E-state index in [1.165, 1.54) is 18.6 Å². The predicted octanol–water partition coefficient (Wildman–Crippen LogP) is 3.76. The number of amides is 1. The van der Waals surface area contributed by atoms with Crippen LogP contribution in [0.2, 0.25) is 0 Å². The van der Waals surface area contributed by atoms with Gasteiger partial charge in [-0.1, -0.05) is 13.8 Å². The predicted molar refractivity (Wildman–Crippen MR) is 87.4 cm³/mol. The van der Waals surface area contributed by atoms with Crippen LogP contribution in [0.4, 0.5) is 4.39 Å². The Balaban J connectivity index is 1.98. The Hall–Kier alpha value is -2.17. The molecule has 0 unspecified atom stereocenters. The molecule has 0 saturated carbocycles. The van der Waals surface area contributed by atoms with Crippen molar-refractivity contribution in [2.24, 2.45) is 0 Å². The highest BCUT2D eigenvalue weighted by molar-refractivity contribution is 5.95. The van der Waals surface area contributed by atoms with Gasteiger partial charge in [0.1, 0.15) is 5.82 Å². The van der Waals surface area contributed by atoms with E-state index < -0.39 is 0 Å². The summed E-state index contributed by atoms with van der Waals surface area (Å²) in [6, 6.07) is 6.19. The molecule has 0 N–H and O–H groups in total. The lowest BCUT2D eigenvalue weighted by atomic mass is 10.0. The number of piperidine rings is 1. The smallest absolute Gasteiger partial charge is 0.257 e. The second-order valence-corrected chi connectivity index (χ2v) is 6.34. The number of hydrogen-bond acceptors (Lipinski definition) is 2. The minimum absolute atomic E-state index is 0.0572. The fourth-order valence-corrected chi connectivity index (χ4v) is 3.13. The Kier molecular flexibility index (Phi) is 4.46. The Bertz CT molecular complexity index is 685. The van der Waals surface area contributed by atoms with E-state index in [2.05, 4.69) is 5.10 Å². The fraction of sp³-hybridized carbons (Fsp3) is 0.444. The number of likely N-dealkylation sites (tertiary alicyclic amines) is 1. The van der Waals surface area contributed by atoms with Gasteiger partial charge in [-0.2, -0.15) is 5.10 Å². The molecule has 1 aliphatic rings. The fourth-order valence-electron chi connectivity index (χ4n) is 3.13. The van der Waals surface area contributed by atoms with Gasteiger partial charge in [-0.25, -0.2) is 9.07 Å². The van der Waals surface area contributed by atoms with E-state index >= 15 is 0 Å². The molecule has 122 valence electrons. The molecule has 1 aromatic heterocycles. The summed E-state index contributed by atoms with van der Waals surface area (Å²) in [5, 5.41) is 4.40. The van der Waals surface area contributed by atoms with Crippen molar-refractivity contribution in [3.63, 3.8) is 0 Å². The van der Waals surface area contributed by atoms with Crippen molar-refractivity contribution < 1.29 is 9.18 Å². The Morgan fingerprint density at radius 3 is 2.39 bits per heavy atom. The maximum Gasteiger partial charge on any atom is 0.257 e. The number of benzene rings is 1. The summed E-state index contributed by atoms with van der Waals surface area (Å²) in [6.07, 6.45) is 4.97. The van der Waals surface area contributed by atoms with Crippen molar-refractivity contribution in [3.8, 4) is 5.69 Å². The first-order valence-electron chi connectivity index (χ1n) is 8.21. The first kappa shape index (κ1) is 15.7. The molecule has 1 saturated heterocycles. The minimum Gasteiger partial charge on any atom is -0.339 e. The molecular formula is C18H22FN3O. The molecule has 1 fully saturated rings. The van der Waals surface area contributed by atoms with Gasteiger partial charge >= 0.3 is 0 Å². The van der Waals surface area contributed by atoms with Gasteiger partial charge in [0.2, 0.25) is 0 Å². The third-order valence-corrected chi connectivity index (χ3v) is 4.30. The van der Waals surface area contributed by atoms with Gasteiger partial charge in [-0.05, 0) is 49.4 Å². The Morgan fingerprint density at radius 1 is 1.13 bits per heavy atom. The summed E-state index contributed by atoms with van der Waals surface area (Å²) in [6.45, 7) is 5.73. The lowest BCUT2D eigenvalue weighted by Crippen LogP contribution is -2.36. The molecule has 1 amide bonds. The Labute approximate surface area is 135 Å². The largest absolute Gasteiger partial charge is 0.339 e. The van der Waals surface area contributed by atoms with E-state index in [4.69, 9.17) is 0 Å². The van der Waals surface area contributed by atoms with E-state index in [1.807, 2.05) is 18.7 Å². The zero-order valence-electron chi connectivity index (χ0n) is 13.6. The lowest BCUT2D eigenvalue weighted by molar-refractivity contribution is 0.0722. The molecule has 3 rings (SSSR count). The number of rotatable bonds is 3. The molecule has 23 heavy (non-hydrogen) atoms. The molecule has 4 nitrogen and oxygen atoms in total. The van der Waals surface area contributed by atoms with E-state index in [1.54, 1.807) is 23.0 Å². The second kappa shape index (κ2) is 6.52. The van der Waals surface area contributed by atoms with Crippen molar-refractivity contribution in [1.82, 2.24) is 14.7 Å². The van der Waals surface area contributed by atoms with Crippen molar-refractivity contribution in [2.45, 2.75) is 39.0 Å². The standard InChI is InChI=1S/C18H22FN3O/c1-13(2)17-16(18(23)21-10-4-3-5-11-21)12-20-22(17)15-8-6-14(19)7-9-15/h6-9,12-13H,3-5,10-11H2,1-2H3. The SMILES string of the molecule is CC(C)c1c(C(=O)N2CCCCC2)cnn1-c1ccc(F)cc1. The highest BCUT2D eigenvalue weighted by Crippen LogP contribution is 2.25. The van der Waals surface area contributed by atoms with Crippen molar-refractivity contribution in [3.05, 3.63) is 47.5 Å². The van der Waals surface area contributed by atoms with E-state index in [0.29, 0.717) is 5.56 Å². The summed E-state index contributed by atoms with van der Waals surface area (Å²) in [5.74, 6) is -0.0790. The second-order valence-electron chi connectivity index (χ2n) is 6.34. The number of aromatic nitrogens is 2. The average Bonchev–Trinajstić information content (AvgIpc) is 3.01. The summed E-state index contributed by atoms with van der Waals surface area (Å²) in [4.78, 5) is 14.8. The van der Waals surface area contributed by atoms with Crippen LogP contribution in [0.1, 0.15) is 55.1 Å². The number of carbonyl (C=O) groups is 1. The van der Waals surface area contributed by atoms with Gasteiger partial charge in [-0.15, -0.1) is 0 Å². The van der Waals surface area contributed by atoms with Crippen molar-refractivity contribution >= 4 is 5.91 Å². The van der Waals surface area contributed by atoms with Crippen LogP contribution in [0.3, 0.4) is 0 Å². The summed E-state index contributed by atoms with van der Waals surface area (Å²) in [5.41, 5.74) is 2.31. The summed E-state index contributed by atoms with van der Waals surface area (Å²) >= 11 is 0. The van der Waals surface area contributed by atoms with E-state index in [0.717, 1.165) is 37.3 Å². The number of nitrogens with zero attached hydrogens (tertiary/aromatic N) is 3. The van der Waals surface area contributed by atoms with Crippen LogP contribution in [-0.4, -0.2) is 33.7 Å². The zero-order chi connectivity index (χ0) is 16.4. The summed E-state index contributed by atoms with van der Waals surface area (Å²) < 4.78 is 14.9. The Morgan fingerprint density at radius 2 is 1.78 bits per heavy atom. The van der Waals surface area contributed by atoms with Gasteiger partial charge in [0.25, 0.3) is 5.91 Å². The number of carbonyl (C=O) groups excluding carboxylic acids is 1.